The molecule has 0 radical (unpaired) electrons. The quantitative estimate of drug-likeness (QED) is 0.382. The van der Waals surface area contributed by atoms with Gasteiger partial charge in [0.2, 0.25) is 0 Å². The van der Waals surface area contributed by atoms with Crippen molar-refractivity contribution >= 4 is 10.8 Å². The van der Waals surface area contributed by atoms with Gasteiger partial charge in [-0.15, -0.1) is 0 Å². The van der Waals surface area contributed by atoms with Crippen LogP contribution in [0.25, 0.3) is 10.8 Å². The minimum atomic E-state index is -0.597. The van der Waals surface area contributed by atoms with Gasteiger partial charge in [-0.05, 0) is 78.9 Å². The zero-order valence-electron chi connectivity index (χ0n) is 19.3. The third-order valence-electron chi connectivity index (χ3n) is 8.12. The van der Waals surface area contributed by atoms with Crippen molar-refractivity contribution < 1.29 is 13.5 Å². The van der Waals surface area contributed by atoms with E-state index in [0.29, 0.717) is 11.3 Å². The molecular formula is C28H38F2O. The van der Waals surface area contributed by atoms with Crippen LogP contribution in [0.1, 0.15) is 95.5 Å². The minimum Gasteiger partial charge on any atom is -0.494 e. The van der Waals surface area contributed by atoms with Crippen molar-refractivity contribution in [3.05, 3.63) is 41.5 Å². The second-order valence-electron chi connectivity index (χ2n) is 10.1. The van der Waals surface area contributed by atoms with Crippen LogP contribution in [0.4, 0.5) is 8.78 Å². The van der Waals surface area contributed by atoms with Crippen LogP contribution in [0, 0.1) is 29.4 Å². The molecule has 4 atom stereocenters. The molecule has 0 saturated heterocycles. The van der Waals surface area contributed by atoms with Crippen molar-refractivity contribution in [2.24, 2.45) is 17.8 Å². The van der Waals surface area contributed by atoms with Gasteiger partial charge in [-0.25, -0.2) is 8.78 Å². The highest BCUT2D eigenvalue weighted by atomic mass is 19.1. The highest BCUT2D eigenvalue weighted by molar-refractivity contribution is 5.86. The molecule has 2 aromatic rings. The monoisotopic (exact) mass is 428 g/mol. The molecule has 0 spiro atoms. The fourth-order valence-electron chi connectivity index (χ4n) is 6.36. The van der Waals surface area contributed by atoms with E-state index in [4.69, 9.17) is 4.74 Å². The molecule has 2 aliphatic carbocycles. The Morgan fingerprint density at radius 2 is 1.68 bits per heavy atom. The number of halogens is 2. The highest BCUT2D eigenvalue weighted by Gasteiger charge is 2.36. The number of unbranched alkanes of at least 4 members (excludes halogenated alkanes) is 4. The number of methoxy groups -OCH3 is 1. The van der Waals surface area contributed by atoms with Crippen LogP contribution in [-0.4, -0.2) is 7.11 Å². The van der Waals surface area contributed by atoms with Crippen LogP contribution in [0.15, 0.2) is 24.3 Å². The molecular weight excluding hydrogens is 390 g/mol. The fraction of sp³-hybridized carbons (Fsp3) is 0.643. The summed E-state index contributed by atoms with van der Waals surface area (Å²) in [4.78, 5) is 0. The van der Waals surface area contributed by atoms with E-state index in [2.05, 4.69) is 6.92 Å². The topological polar surface area (TPSA) is 9.23 Å². The smallest absolute Gasteiger partial charge is 0.175 e. The van der Waals surface area contributed by atoms with Gasteiger partial charge in [0.1, 0.15) is 5.82 Å². The normalized spacial score (nSPS) is 26.1. The van der Waals surface area contributed by atoms with Gasteiger partial charge < -0.3 is 4.74 Å². The van der Waals surface area contributed by atoms with Crippen LogP contribution < -0.4 is 4.74 Å². The summed E-state index contributed by atoms with van der Waals surface area (Å²) in [5, 5.41) is 0.693. The van der Waals surface area contributed by atoms with Gasteiger partial charge in [0.15, 0.2) is 11.6 Å². The zero-order chi connectivity index (χ0) is 21.8. The predicted molar refractivity (Wildman–Crippen MR) is 125 cm³/mol. The summed E-state index contributed by atoms with van der Waals surface area (Å²) in [6.07, 6.45) is 16.0. The summed E-state index contributed by atoms with van der Waals surface area (Å²) in [7, 11) is 1.41. The number of rotatable bonds is 8. The molecule has 170 valence electrons. The van der Waals surface area contributed by atoms with Gasteiger partial charge in [-0.3, -0.25) is 0 Å². The molecule has 0 aliphatic heterocycles. The van der Waals surface area contributed by atoms with Gasteiger partial charge in [0, 0.05) is 0 Å². The van der Waals surface area contributed by atoms with Gasteiger partial charge in [-0.2, -0.15) is 0 Å². The van der Waals surface area contributed by atoms with Gasteiger partial charge >= 0.3 is 0 Å². The third kappa shape index (κ3) is 5.07. The number of ether oxygens (including phenoxy) is 1. The van der Waals surface area contributed by atoms with E-state index >= 15 is 0 Å². The van der Waals surface area contributed by atoms with Crippen LogP contribution in [0.2, 0.25) is 0 Å². The largest absolute Gasteiger partial charge is 0.494 e. The van der Waals surface area contributed by atoms with Gasteiger partial charge in [0.05, 0.1) is 12.5 Å². The summed E-state index contributed by atoms with van der Waals surface area (Å²) in [6, 6.07) is 6.97. The summed E-state index contributed by atoms with van der Waals surface area (Å²) < 4.78 is 34.4. The van der Waals surface area contributed by atoms with Crippen molar-refractivity contribution in [2.45, 2.75) is 89.9 Å². The Bertz CT molecular complexity index is 877. The standard InChI is InChI=1S/C28H38F2O/c1-3-4-5-6-7-8-19-9-10-21-16-22(12-11-20(21)15-19)24-17-23-13-14-26(31-2)28(30)27(23)25(29)18-24/h13-14,17-22H,3-12,15-16H2,1-2H3. The van der Waals surface area contributed by atoms with Crippen molar-refractivity contribution in [3.63, 3.8) is 0 Å². The first kappa shape index (κ1) is 22.6. The second kappa shape index (κ2) is 10.3. The molecule has 2 aromatic carbocycles. The summed E-state index contributed by atoms with van der Waals surface area (Å²) in [5.41, 5.74) is 1.05. The first-order valence-electron chi connectivity index (χ1n) is 12.6. The maximum absolute atomic E-state index is 14.9. The molecule has 2 aliphatic rings. The lowest BCUT2D eigenvalue weighted by Crippen LogP contribution is -2.30. The van der Waals surface area contributed by atoms with Crippen molar-refractivity contribution in [2.75, 3.05) is 7.11 Å². The second-order valence-corrected chi connectivity index (χ2v) is 10.1. The average Bonchev–Trinajstić information content (AvgIpc) is 2.78. The highest BCUT2D eigenvalue weighted by Crippen LogP contribution is 2.49. The molecule has 0 bridgehead atoms. The average molecular weight is 429 g/mol. The molecule has 0 heterocycles. The number of fused-ring (bicyclic) bond motifs is 2. The summed E-state index contributed by atoms with van der Waals surface area (Å²) in [5.74, 6) is 2.01. The Hall–Kier alpha value is -1.64. The Morgan fingerprint density at radius 1 is 0.903 bits per heavy atom. The van der Waals surface area contributed by atoms with Crippen LogP contribution >= 0.6 is 0 Å². The first-order valence-corrected chi connectivity index (χ1v) is 12.6. The molecule has 2 saturated carbocycles. The van der Waals surface area contributed by atoms with Gasteiger partial charge in [-0.1, -0.05) is 64.0 Å². The Balaban J connectivity index is 1.38. The molecule has 2 fully saturated rings. The van der Waals surface area contributed by atoms with E-state index in [1.54, 1.807) is 18.2 Å². The molecule has 4 rings (SSSR count). The van der Waals surface area contributed by atoms with E-state index in [0.717, 1.165) is 36.2 Å². The minimum absolute atomic E-state index is 0.0521. The van der Waals surface area contributed by atoms with Crippen LogP contribution in [-0.2, 0) is 0 Å². The molecule has 3 heteroatoms. The predicted octanol–water partition coefficient (Wildman–Crippen LogP) is 8.79. The number of hydrogen-bond acceptors (Lipinski definition) is 1. The maximum atomic E-state index is 14.9. The Labute approximate surface area is 186 Å². The lowest BCUT2D eigenvalue weighted by atomic mass is 9.63. The lowest BCUT2D eigenvalue weighted by Gasteiger charge is -2.42. The van der Waals surface area contributed by atoms with E-state index in [1.807, 2.05) is 6.07 Å². The van der Waals surface area contributed by atoms with Crippen molar-refractivity contribution in [1.82, 2.24) is 0 Å². The molecule has 0 aromatic heterocycles. The van der Waals surface area contributed by atoms with Crippen LogP contribution in [0.3, 0.4) is 0 Å². The number of hydrogen-bond donors (Lipinski definition) is 0. The molecule has 1 nitrogen and oxygen atoms in total. The van der Waals surface area contributed by atoms with Crippen LogP contribution in [0.5, 0.6) is 5.75 Å². The summed E-state index contributed by atoms with van der Waals surface area (Å²) >= 11 is 0. The van der Waals surface area contributed by atoms with E-state index in [-0.39, 0.29) is 11.1 Å². The third-order valence-corrected chi connectivity index (χ3v) is 8.12. The molecule has 0 N–H and O–H groups in total. The fourth-order valence-corrected chi connectivity index (χ4v) is 6.36. The first-order chi connectivity index (χ1) is 15.1. The Kier molecular flexibility index (Phi) is 7.51. The number of benzene rings is 2. The molecule has 0 amide bonds. The summed E-state index contributed by atoms with van der Waals surface area (Å²) in [6.45, 7) is 2.28. The maximum Gasteiger partial charge on any atom is 0.175 e. The van der Waals surface area contributed by atoms with E-state index < -0.39 is 11.6 Å². The van der Waals surface area contributed by atoms with E-state index in [9.17, 15) is 8.78 Å². The lowest BCUT2D eigenvalue weighted by molar-refractivity contribution is 0.113. The molecule has 4 unspecified atom stereocenters. The Morgan fingerprint density at radius 3 is 2.48 bits per heavy atom. The molecule has 31 heavy (non-hydrogen) atoms. The SMILES string of the molecule is CCCCCCCC1CCC2CC(c3cc(F)c4c(F)c(OC)ccc4c3)CCC2C1. The van der Waals surface area contributed by atoms with Crippen molar-refractivity contribution in [3.8, 4) is 5.75 Å². The van der Waals surface area contributed by atoms with Crippen molar-refractivity contribution in [1.29, 1.82) is 0 Å². The van der Waals surface area contributed by atoms with Gasteiger partial charge in [0.25, 0.3) is 0 Å². The van der Waals surface area contributed by atoms with E-state index in [1.165, 1.54) is 71.3 Å². The zero-order valence-corrected chi connectivity index (χ0v) is 19.3.